The van der Waals surface area contributed by atoms with Gasteiger partial charge in [-0.3, -0.25) is 14.9 Å². The Labute approximate surface area is 288 Å². The average molecular weight is 701 g/mol. The minimum Gasteiger partial charge on any atom is -0.506 e. The van der Waals surface area contributed by atoms with Crippen LogP contribution in [0.1, 0.15) is 26.4 Å². The molecule has 0 spiro atoms. The fourth-order valence-corrected chi connectivity index (χ4v) is 6.55. The van der Waals surface area contributed by atoms with Gasteiger partial charge < -0.3 is 5.11 Å². The van der Waals surface area contributed by atoms with Gasteiger partial charge in [0.15, 0.2) is 11.5 Å². The highest BCUT2D eigenvalue weighted by atomic mass is 32.2. The number of nitrogens with zero attached hydrogens (tertiary/aromatic N) is 6. The van der Waals surface area contributed by atoms with Crippen LogP contribution in [0.5, 0.6) is 5.75 Å². The molecule has 15 heteroatoms. The third-order valence-electron chi connectivity index (χ3n) is 7.52. The van der Waals surface area contributed by atoms with E-state index in [-0.39, 0.29) is 22.1 Å². The van der Waals surface area contributed by atoms with Crippen molar-refractivity contribution in [3.63, 3.8) is 0 Å². The lowest BCUT2D eigenvalue weighted by atomic mass is 9.97. The van der Waals surface area contributed by atoms with Crippen LogP contribution in [0.3, 0.4) is 0 Å². The molecule has 2 aromatic heterocycles. The number of phenols is 1. The molecular weight excluding hydrogens is 677 g/mol. The van der Waals surface area contributed by atoms with E-state index in [1.54, 1.807) is 91.0 Å². The fourth-order valence-electron chi connectivity index (χ4n) is 5.22. The Balaban J connectivity index is 1.33. The second-order valence-electron chi connectivity index (χ2n) is 10.8. The Bertz CT molecular complexity index is 2530. The SMILES string of the molecule is NS(=O)(=O)c1nnc(NC(=O)c2nn(-c3ccc(N=Nc4c(O)ccc5ccccc45)cc3)c(-c3ccccc3)c2C(=O)c2ccccc2)s1. The maximum Gasteiger partial charge on any atom is 0.278 e. The molecule has 2 heterocycles. The zero-order valence-corrected chi connectivity index (χ0v) is 27.3. The number of carbonyl (C=O) groups is 2. The summed E-state index contributed by atoms with van der Waals surface area (Å²) in [7, 11) is -4.16. The summed E-state index contributed by atoms with van der Waals surface area (Å²) >= 11 is 0.561. The molecule has 0 atom stereocenters. The van der Waals surface area contributed by atoms with Crippen molar-refractivity contribution in [2.24, 2.45) is 15.4 Å². The Morgan fingerprint density at radius 2 is 1.48 bits per heavy atom. The fraction of sp³-hybridized carbons (Fsp3) is 0. The first-order valence-corrected chi connectivity index (χ1v) is 17.2. The molecule has 0 fully saturated rings. The number of nitrogens with two attached hydrogens (primary N) is 1. The van der Waals surface area contributed by atoms with Crippen LogP contribution in [-0.4, -0.2) is 45.2 Å². The van der Waals surface area contributed by atoms with Gasteiger partial charge in [-0.1, -0.05) is 102 Å². The molecule has 4 N–H and O–H groups in total. The number of aromatic hydroxyl groups is 1. The number of primary sulfonamides is 1. The van der Waals surface area contributed by atoms with Crippen LogP contribution >= 0.6 is 11.3 Å². The molecule has 7 aromatic rings. The number of aromatic nitrogens is 4. The molecule has 246 valence electrons. The first-order chi connectivity index (χ1) is 24.2. The largest absolute Gasteiger partial charge is 0.506 e. The van der Waals surface area contributed by atoms with Gasteiger partial charge in [-0.25, -0.2) is 18.2 Å². The highest BCUT2D eigenvalue weighted by Crippen LogP contribution is 2.37. The molecule has 1 amide bonds. The molecule has 13 nitrogen and oxygen atoms in total. The second-order valence-corrected chi connectivity index (χ2v) is 13.5. The first-order valence-electron chi connectivity index (χ1n) is 14.9. The maximum atomic E-state index is 14.2. The summed E-state index contributed by atoms with van der Waals surface area (Å²) < 4.78 is 24.5. The quantitative estimate of drug-likeness (QED) is 0.0831. The van der Waals surface area contributed by atoms with Gasteiger partial charge in [0.1, 0.15) is 11.4 Å². The smallest absolute Gasteiger partial charge is 0.278 e. The van der Waals surface area contributed by atoms with Crippen LogP contribution in [0.15, 0.2) is 136 Å². The lowest BCUT2D eigenvalue weighted by Crippen LogP contribution is -2.17. The number of fused-ring (bicyclic) bond motifs is 1. The third-order valence-corrected chi connectivity index (χ3v) is 9.67. The van der Waals surface area contributed by atoms with Gasteiger partial charge in [0.25, 0.3) is 15.9 Å². The van der Waals surface area contributed by atoms with E-state index in [1.807, 2.05) is 30.3 Å². The van der Waals surface area contributed by atoms with Crippen molar-refractivity contribution in [2.75, 3.05) is 5.32 Å². The van der Waals surface area contributed by atoms with Gasteiger partial charge in [-0.15, -0.1) is 15.3 Å². The predicted octanol–water partition coefficient (Wildman–Crippen LogP) is 6.80. The molecule has 0 radical (unpaired) electrons. The minimum absolute atomic E-state index is 0.00581. The number of ketones is 1. The van der Waals surface area contributed by atoms with Gasteiger partial charge in [0.05, 0.1) is 22.6 Å². The van der Waals surface area contributed by atoms with Crippen molar-refractivity contribution in [1.82, 2.24) is 20.0 Å². The number of hydrogen-bond donors (Lipinski definition) is 3. The monoisotopic (exact) mass is 700 g/mol. The summed E-state index contributed by atoms with van der Waals surface area (Å²) in [6.07, 6.45) is 0. The summed E-state index contributed by atoms with van der Waals surface area (Å²) in [4.78, 5) is 28.0. The van der Waals surface area contributed by atoms with Gasteiger partial charge in [0.2, 0.25) is 9.47 Å². The summed E-state index contributed by atoms with van der Waals surface area (Å²) in [6, 6.07) is 35.1. The summed E-state index contributed by atoms with van der Waals surface area (Å²) in [5, 5.41) is 40.2. The Morgan fingerprint density at radius 3 is 2.18 bits per heavy atom. The molecule has 0 aliphatic heterocycles. The minimum atomic E-state index is -4.16. The summed E-state index contributed by atoms with van der Waals surface area (Å²) in [6.45, 7) is 0. The van der Waals surface area contributed by atoms with E-state index >= 15 is 0 Å². The third kappa shape index (κ3) is 6.38. The lowest BCUT2D eigenvalue weighted by Gasteiger charge is -2.10. The lowest BCUT2D eigenvalue weighted by molar-refractivity contribution is 0.0993. The van der Waals surface area contributed by atoms with Crippen LogP contribution < -0.4 is 10.5 Å². The van der Waals surface area contributed by atoms with E-state index in [1.165, 1.54) is 4.68 Å². The van der Waals surface area contributed by atoms with E-state index in [0.29, 0.717) is 45.2 Å². The Kier molecular flexibility index (Phi) is 8.51. The number of phenolic OH excluding ortho intramolecular Hbond substituents is 1. The van der Waals surface area contributed by atoms with Crippen LogP contribution in [0, 0.1) is 0 Å². The van der Waals surface area contributed by atoms with Crippen LogP contribution in [0.25, 0.3) is 27.7 Å². The van der Waals surface area contributed by atoms with Gasteiger partial charge in [-0.2, -0.15) is 10.2 Å². The number of nitrogens with one attached hydrogen (secondary N) is 1. The zero-order chi connectivity index (χ0) is 34.8. The maximum absolute atomic E-state index is 14.2. The molecule has 0 saturated heterocycles. The van der Waals surface area contributed by atoms with Gasteiger partial charge in [-0.05, 0) is 35.7 Å². The number of carbonyl (C=O) groups excluding carboxylic acids is 2. The number of hydrogen-bond acceptors (Lipinski definition) is 11. The highest BCUT2D eigenvalue weighted by molar-refractivity contribution is 7.91. The second kappa shape index (κ2) is 13.2. The van der Waals surface area contributed by atoms with E-state index in [9.17, 15) is 23.1 Å². The van der Waals surface area contributed by atoms with E-state index in [2.05, 4.69) is 30.8 Å². The molecule has 0 aliphatic carbocycles. The highest BCUT2D eigenvalue weighted by Gasteiger charge is 2.31. The van der Waals surface area contributed by atoms with Crippen molar-refractivity contribution in [3.05, 3.63) is 138 Å². The van der Waals surface area contributed by atoms with Crippen LogP contribution in [0.2, 0.25) is 0 Å². The van der Waals surface area contributed by atoms with Crippen molar-refractivity contribution < 1.29 is 23.1 Å². The Hall–Kier alpha value is -6.42. The van der Waals surface area contributed by atoms with E-state index < -0.39 is 26.1 Å². The molecule has 0 saturated carbocycles. The van der Waals surface area contributed by atoms with Crippen molar-refractivity contribution >= 4 is 60.3 Å². The Morgan fingerprint density at radius 1 is 0.800 bits per heavy atom. The number of rotatable bonds is 9. The molecule has 0 aliphatic rings. The van der Waals surface area contributed by atoms with Crippen LogP contribution in [-0.2, 0) is 10.0 Å². The van der Waals surface area contributed by atoms with E-state index in [0.717, 1.165) is 10.8 Å². The number of anilines is 1. The summed E-state index contributed by atoms with van der Waals surface area (Å²) in [5.74, 6) is -1.30. The molecule has 7 rings (SSSR count). The molecule has 5 aromatic carbocycles. The number of azo groups is 1. The first kappa shape index (κ1) is 32.1. The zero-order valence-electron chi connectivity index (χ0n) is 25.7. The topological polar surface area (TPSA) is 195 Å². The van der Waals surface area contributed by atoms with Crippen molar-refractivity contribution in [1.29, 1.82) is 0 Å². The molecular formula is C35H24N8O5S2. The van der Waals surface area contributed by atoms with Crippen molar-refractivity contribution in [2.45, 2.75) is 4.34 Å². The molecule has 0 bridgehead atoms. The molecule has 50 heavy (non-hydrogen) atoms. The normalized spacial score (nSPS) is 11.6. The number of benzene rings is 5. The van der Waals surface area contributed by atoms with E-state index in [4.69, 9.17) is 5.14 Å². The predicted molar refractivity (Wildman–Crippen MR) is 188 cm³/mol. The van der Waals surface area contributed by atoms with Crippen LogP contribution in [0.4, 0.5) is 16.5 Å². The number of amides is 1. The molecule has 0 unspecified atom stereocenters. The summed E-state index contributed by atoms with van der Waals surface area (Å²) in [5.41, 5.74) is 2.31. The van der Waals surface area contributed by atoms with Gasteiger partial charge in [0, 0.05) is 16.5 Å². The standard InChI is InChI=1S/C35H24N8O5S2/c36-50(47,48)35-41-40-34(49-35)37-33(46)30-28(32(45)23-12-5-2-6-13-23)31(22-10-3-1-4-11-22)43(42-30)25-18-16-24(17-19-25)38-39-29-26-14-8-7-9-21(26)15-20-27(29)44/h1-20,44H,(H2,36,47,48)(H,37,40,46). The van der Waals surface area contributed by atoms with Gasteiger partial charge >= 0.3 is 0 Å². The average Bonchev–Trinajstić information content (AvgIpc) is 3.78. The number of sulfonamides is 1. The van der Waals surface area contributed by atoms with Crippen molar-refractivity contribution in [3.8, 4) is 22.7 Å².